The summed E-state index contributed by atoms with van der Waals surface area (Å²) in [5.41, 5.74) is -0.0639. The first-order valence-corrected chi connectivity index (χ1v) is 4.25. The molecule has 0 saturated heterocycles. The van der Waals surface area contributed by atoms with Crippen molar-refractivity contribution in [2.24, 2.45) is 0 Å². The maximum atomic E-state index is 11.8. The van der Waals surface area contributed by atoms with Gasteiger partial charge in [0.2, 0.25) is 0 Å². The van der Waals surface area contributed by atoms with Crippen molar-refractivity contribution in [3.8, 4) is 5.75 Å². The Hall–Kier alpha value is -1.29. The molecule has 0 amide bonds. The number of para-hydroxylation sites is 1. The van der Waals surface area contributed by atoms with E-state index >= 15 is 0 Å². The smallest absolute Gasteiger partial charge is 0.339 e. The fourth-order valence-electron chi connectivity index (χ4n) is 0.965. The minimum absolute atomic E-state index is 0.0133. The highest BCUT2D eigenvalue weighted by molar-refractivity contribution is 6.32. The van der Waals surface area contributed by atoms with Gasteiger partial charge in [0, 0.05) is 0 Å². The molecule has 0 aliphatic carbocycles. The van der Waals surface area contributed by atoms with Gasteiger partial charge in [-0.15, -0.1) is 0 Å². The predicted octanol–water partition coefficient (Wildman–Crippen LogP) is 2.39. The Morgan fingerprint density at radius 3 is 2.86 bits per heavy atom. The van der Waals surface area contributed by atoms with Crippen LogP contribution >= 0.6 is 11.6 Å². The molecule has 1 rings (SSSR count). The highest BCUT2D eigenvalue weighted by Gasteiger charge is 2.13. The number of hydrogen-bond donors (Lipinski definition) is 1. The number of carbonyl (C=O) groups is 1. The fourth-order valence-corrected chi connectivity index (χ4v) is 1.19. The average Bonchev–Trinajstić information content (AvgIpc) is 2.15. The summed E-state index contributed by atoms with van der Waals surface area (Å²) in [6.07, 6.45) is 0. The van der Waals surface area contributed by atoms with Gasteiger partial charge in [0.05, 0.1) is 5.02 Å². The summed E-state index contributed by atoms with van der Waals surface area (Å²) in [7, 11) is 0. The maximum Gasteiger partial charge on any atom is 0.339 e. The summed E-state index contributed by atoms with van der Waals surface area (Å²) in [5.74, 6) is -1.14. The highest BCUT2D eigenvalue weighted by atomic mass is 35.5. The van der Waals surface area contributed by atoms with E-state index in [-0.39, 0.29) is 22.9 Å². The van der Waals surface area contributed by atoms with Crippen LogP contribution in [0, 0.1) is 0 Å². The number of ether oxygens (including phenoxy) is 1. The number of aromatic carboxylic acids is 1. The molecule has 0 bridgehead atoms. The molecule has 76 valence electrons. The number of halogens is 2. The molecule has 0 aliphatic rings. The minimum Gasteiger partial charge on any atom is -0.488 e. The van der Waals surface area contributed by atoms with Crippen molar-refractivity contribution in [2.45, 2.75) is 0 Å². The van der Waals surface area contributed by atoms with Crippen molar-refractivity contribution in [3.63, 3.8) is 0 Å². The van der Waals surface area contributed by atoms with Crippen molar-refractivity contribution in [2.75, 3.05) is 13.3 Å². The van der Waals surface area contributed by atoms with Gasteiger partial charge in [-0.05, 0) is 12.1 Å². The zero-order valence-electron chi connectivity index (χ0n) is 7.17. The second-order valence-corrected chi connectivity index (χ2v) is 2.87. The molecule has 0 unspecified atom stereocenters. The first-order chi connectivity index (χ1) is 6.66. The van der Waals surface area contributed by atoms with E-state index in [0.717, 1.165) is 0 Å². The van der Waals surface area contributed by atoms with Crippen molar-refractivity contribution in [1.29, 1.82) is 0 Å². The molecule has 1 N–H and O–H groups in total. The molecule has 0 aliphatic heterocycles. The van der Waals surface area contributed by atoms with Gasteiger partial charge in [0.15, 0.2) is 5.75 Å². The molecule has 0 heterocycles. The van der Waals surface area contributed by atoms with Crippen LogP contribution in [0.5, 0.6) is 5.75 Å². The number of carboxylic acid groups (broad SMARTS) is 1. The average molecular weight is 219 g/mol. The molecule has 0 aromatic heterocycles. The van der Waals surface area contributed by atoms with Gasteiger partial charge in [-0.25, -0.2) is 9.18 Å². The van der Waals surface area contributed by atoms with Crippen LogP contribution in [0.4, 0.5) is 4.39 Å². The third-order valence-electron chi connectivity index (χ3n) is 1.52. The first-order valence-electron chi connectivity index (χ1n) is 3.87. The Morgan fingerprint density at radius 1 is 1.57 bits per heavy atom. The lowest BCUT2D eigenvalue weighted by molar-refractivity contribution is 0.0692. The summed E-state index contributed by atoms with van der Waals surface area (Å²) in [4.78, 5) is 10.7. The molecule has 14 heavy (non-hydrogen) atoms. The Bertz CT molecular complexity index is 341. The highest BCUT2D eigenvalue weighted by Crippen LogP contribution is 2.28. The van der Waals surface area contributed by atoms with Gasteiger partial charge in [-0.1, -0.05) is 17.7 Å². The van der Waals surface area contributed by atoms with E-state index in [4.69, 9.17) is 21.4 Å². The van der Waals surface area contributed by atoms with Gasteiger partial charge in [0.1, 0.15) is 18.8 Å². The maximum absolute atomic E-state index is 11.8. The summed E-state index contributed by atoms with van der Waals surface area (Å²) < 4.78 is 16.7. The van der Waals surface area contributed by atoms with E-state index in [1.807, 2.05) is 0 Å². The van der Waals surface area contributed by atoms with Crippen LogP contribution in [-0.4, -0.2) is 24.4 Å². The Kier molecular flexibility index (Phi) is 3.71. The van der Waals surface area contributed by atoms with Crippen molar-refractivity contribution in [1.82, 2.24) is 0 Å². The summed E-state index contributed by atoms with van der Waals surface area (Å²) in [6.45, 7) is -0.895. The van der Waals surface area contributed by atoms with Crippen molar-refractivity contribution < 1.29 is 19.0 Å². The van der Waals surface area contributed by atoms with Crippen molar-refractivity contribution in [3.05, 3.63) is 28.8 Å². The molecule has 0 radical (unpaired) electrons. The third kappa shape index (κ3) is 2.35. The number of alkyl halides is 1. The Balaban J connectivity index is 3.02. The molecule has 1 aromatic carbocycles. The van der Waals surface area contributed by atoms with E-state index < -0.39 is 12.6 Å². The van der Waals surface area contributed by atoms with E-state index in [1.54, 1.807) is 0 Å². The van der Waals surface area contributed by atoms with Crippen molar-refractivity contribution >= 4 is 17.6 Å². The molecular formula is C9H8ClFO3. The number of carboxylic acids is 1. The van der Waals surface area contributed by atoms with E-state index in [1.165, 1.54) is 18.2 Å². The zero-order valence-corrected chi connectivity index (χ0v) is 7.92. The van der Waals surface area contributed by atoms with Gasteiger partial charge in [-0.2, -0.15) is 0 Å². The molecule has 1 aromatic rings. The monoisotopic (exact) mass is 218 g/mol. The van der Waals surface area contributed by atoms with E-state index in [0.29, 0.717) is 0 Å². The standard InChI is InChI=1S/C9H8ClFO3/c10-7-3-1-2-6(9(12)13)8(7)14-5-4-11/h1-3H,4-5H2,(H,12,13). The topological polar surface area (TPSA) is 46.5 Å². The molecule has 0 saturated carbocycles. The lowest BCUT2D eigenvalue weighted by Crippen LogP contribution is -2.05. The molecular weight excluding hydrogens is 211 g/mol. The molecule has 3 nitrogen and oxygen atoms in total. The molecule has 0 atom stereocenters. The summed E-state index contributed by atoms with van der Waals surface area (Å²) in [6, 6.07) is 4.33. The fraction of sp³-hybridized carbons (Fsp3) is 0.222. The third-order valence-corrected chi connectivity index (χ3v) is 1.82. The van der Waals surface area contributed by atoms with Crippen LogP contribution in [0.1, 0.15) is 10.4 Å². The second-order valence-electron chi connectivity index (χ2n) is 2.46. The van der Waals surface area contributed by atoms with Crippen LogP contribution in [0.2, 0.25) is 5.02 Å². The lowest BCUT2D eigenvalue weighted by atomic mass is 10.2. The summed E-state index contributed by atoms with van der Waals surface area (Å²) >= 11 is 5.70. The lowest BCUT2D eigenvalue weighted by Gasteiger charge is -2.08. The molecule has 5 heteroatoms. The number of rotatable bonds is 4. The second kappa shape index (κ2) is 4.81. The van der Waals surface area contributed by atoms with E-state index in [9.17, 15) is 9.18 Å². The number of hydrogen-bond acceptors (Lipinski definition) is 2. The van der Waals surface area contributed by atoms with Crippen LogP contribution in [0.3, 0.4) is 0 Å². The molecule has 0 spiro atoms. The molecule has 0 fully saturated rings. The SMILES string of the molecule is O=C(O)c1cccc(Cl)c1OCCF. The van der Waals surface area contributed by atoms with Crippen LogP contribution in [0.15, 0.2) is 18.2 Å². The van der Waals surface area contributed by atoms with Crippen LogP contribution in [0.25, 0.3) is 0 Å². The van der Waals surface area contributed by atoms with E-state index in [2.05, 4.69) is 0 Å². The Labute approximate surface area is 85.1 Å². The minimum atomic E-state index is -1.15. The van der Waals surface area contributed by atoms with Gasteiger partial charge < -0.3 is 9.84 Å². The normalized spacial score (nSPS) is 9.86. The largest absolute Gasteiger partial charge is 0.488 e. The van der Waals surface area contributed by atoms with Gasteiger partial charge in [0.25, 0.3) is 0 Å². The van der Waals surface area contributed by atoms with Crippen LogP contribution < -0.4 is 4.74 Å². The first kappa shape index (κ1) is 10.8. The number of benzene rings is 1. The Morgan fingerprint density at radius 2 is 2.29 bits per heavy atom. The summed E-state index contributed by atoms with van der Waals surface area (Å²) in [5, 5.41) is 8.92. The quantitative estimate of drug-likeness (QED) is 0.844. The van der Waals surface area contributed by atoms with Gasteiger partial charge in [-0.3, -0.25) is 0 Å². The van der Waals surface area contributed by atoms with Crippen LogP contribution in [-0.2, 0) is 0 Å². The zero-order chi connectivity index (χ0) is 10.6. The predicted molar refractivity (Wildman–Crippen MR) is 49.9 cm³/mol. The van der Waals surface area contributed by atoms with Gasteiger partial charge >= 0.3 is 5.97 Å².